The highest BCUT2D eigenvalue weighted by atomic mass is 32.1. The number of alkyl carbamates (subject to hydrolysis) is 1. The van der Waals surface area contributed by atoms with E-state index >= 15 is 0 Å². The third-order valence-electron chi connectivity index (χ3n) is 2.70. The van der Waals surface area contributed by atoms with Gasteiger partial charge < -0.3 is 15.2 Å². The highest BCUT2D eigenvalue weighted by molar-refractivity contribution is 7.84. The first-order valence-corrected chi connectivity index (χ1v) is 6.92. The molecule has 0 aliphatic heterocycles. The Morgan fingerprint density at radius 1 is 1.55 bits per heavy atom. The normalized spacial score (nSPS) is 20.0. The van der Waals surface area contributed by atoms with E-state index < -0.39 is 23.7 Å². The SMILES string of the molecule is CC(C)(C)OC(=O)NC(CC1C=CC(S)=CC1)C(=O)O. The molecule has 0 radical (unpaired) electrons. The Kier molecular flexibility index (Phi) is 5.68. The van der Waals surface area contributed by atoms with Gasteiger partial charge in [0.15, 0.2) is 0 Å². The van der Waals surface area contributed by atoms with Gasteiger partial charge in [0, 0.05) is 0 Å². The van der Waals surface area contributed by atoms with Crippen molar-refractivity contribution in [1.29, 1.82) is 0 Å². The van der Waals surface area contributed by atoms with Crippen LogP contribution in [0.15, 0.2) is 23.1 Å². The van der Waals surface area contributed by atoms with Crippen LogP contribution in [0.5, 0.6) is 0 Å². The third-order valence-corrected chi connectivity index (χ3v) is 3.03. The Hall–Kier alpha value is -1.43. The van der Waals surface area contributed by atoms with Crippen molar-refractivity contribution >= 4 is 24.7 Å². The van der Waals surface area contributed by atoms with Crippen LogP contribution in [0.25, 0.3) is 0 Å². The molecule has 2 atom stereocenters. The highest BCUT2D eigenvalue weighted by Gasteiger charge is 2.26. The van der Waals surface area contributed by atoms with E-state index in [1.807, 2.05) is 18.2 Å². The molecular weight excluding hydrogens is 278 g/mol. The van der Waals surface area contributed by atoms with Gasteiger partial charge in [0.1, 0.15) is 11.6 Å². The number of allylic oxidation sites excluding steroid dienone is 3. The fraction of sp³-hybridized carbons (Fsp3) is 0.571. The summed E-state index contributed by atoms with van der Waals surface area (Å²) in [6.45, 7) is 5.18. The number of rotatable bonds is 4. The number of hydrogen-bond acceptors (Lipinski definition) is 4. The highest BCUT2D eigenvalue weighted by Crippen LogP contribution is 2.22. The molecule has 1 aliphatic rings. The number of ether oxygens (including phenoxy) is 1. The predicted octanol–water partition coefficient (Wildman–Crippen LogP) is 2.74. The molecule has 0 aromatic carbocycles. The largest absolute Gasteiger partial charge is 0.480 e. The number of aliphatic carboxylic acids is 1. The van der Waals surface area contributed by atoms with Crippen molar-refractivity contribution in [2.24, 2.45) is 5.92 Å². The maximum absolute atomic E-state index is 11.6. The summed E-state index contributed by atoms with van der Waals surface area (Å²) in [5.41, 5.74) is -0.651. The first kappa shape index (κ1) is 16.6. The van der Waals surface area contributed by atoms with Crippen LogP contribution in [0.4, 0.5) is 4.79 Å². The zero-order valence-electron chi connectivity index (χ0n) is 11.9. The molecule has 1 aliphatic carbocycles. The van der Waals surface area contributed by atoms with E-state index in [-0.39, 0.29) is 5.92 Å². The second-order valence-electron chi connectivity index (χ2n) is 5.76. The van der Waals surface area contributed by atoms with Crippen molar-refractivity contribution in [3.63, 3.8) is 0 Å². The fourth-order valence-electron chi connectivity index (χ4n) is 1.80. The van der Waals surface area contributed by atoms with E-state index in [1.54, 1.807) is 20.8 Å². The van der Waals surface area contributed by atoms with E-state index in [2.05, 4.69) is 17.9 Å². The summed E-state index contributed by atoms with van der Waals surface area (Å²) < 4.78 is 5.07. The molecule has 0 spiro atoms. The molecule has 0 saturated carbocycles. The topological polar surface area (TPSA) is 75.6 Å². The molecule has 0 heterocycles. The van der Waals surface area contributed by atoms with Gasteiger partial charge in [-0.1, -0.05) is 18.2 Å². The molecule has 6 heteroatoms. The van der Waals surface area contributed by atoms with Crippen LogP contribution in [-0.2, 0) is 9.53 Å². The summed E-state index contributed by atoms with van der Waals surface area (Å²) in [5, 5.41) is 11.6. The minimum absolute atomic E-state index is 0.0712. The summed E-state index contributed by atoms with van der Waals surface area (Å²) in [5.74, 6) is -0.994. The zero-order chi connectivity index (χ0) is 15.3. The molecule has 1 rings (SSSR count). The molecule has 0 aromatic heterocycles. The standard InChI is InChI=1S/C14H21NO4S/c1-14(2,3)19-13(18)15-11(12(16)17)8-9-4-6-10(20)7-5-9/h4,6-7,9,11,20H,5,8H2,1-3H3,(H,15,18)(H,16,17). The molecule has 0 saturated heterocycles. The van der Waals surface area contributed by atoms with Gasteiger partial charge in [0.05, 0.1) is 0 Å². The molecular formula is C14H21NO4S. The van der Waals surface area contributed by atoms with Crippen molar-refractivity contribution in [3.8, 4) is 0 Å². The molecule has 1 amide bonds. The van der Waals surface area contributed by atoms with Gasteiger partial charge >= 0.3 is 12.1 Å². The van der Waals surface area contributed by atoms with Crippen molar-refractivity contribution in [1.82, 2.24) is 5.32 Å². The fourth-order valence-corrected chi connectivity index (χ4v) is 1.99. The van der Waals surface area contributed by atoms with E-state index in [0.717, 1.165) is 11.3 Å². The molecule has 5 nitrogen and oxygen atoms in total. The second-order valence-corrected chi connectivity index (χ2v) is 6.27. The molecule has 0 fully saturated rings. The minimum atomic E-state index is -1.06. The van der Waals surface area contributed by atoms with Crippen molar-refractivity contribution in [2.75, 3.05) is 0 Å². The van der Waals surface area contributed by atoms with Crippen LogP contribution < -0.4 is 5.32 Å². The van der Waals surface area contributed by atoms with Gasteiger partial charge in [0.25, 0.3) is 0 Å². The summed E-state index contributed by atoms with van der Waals surface area (Å²) in [7, 11) is 0. The lowest BCUT2D eigenvalue weighted by Gasteiger charge is -2.24. The first-order chi connectivity index (χ1) is 9.17. The number of amides is 1. The Labute approximate surface area is 124 Å². The average Bonchev–Trinajstić information content (AvgIpc) is 2.28. The summed E-state index contributed by atoms with van der Waals surface area (Å²) in [6, 6.07) is -0.964. The maximum atomic E-state index is 11.6. The summed E-state index contributed by atoms with van der Waals surface area (Å²) in [6.07, 6.45) is 6.01. The Morgan fingerprint density at radius 3 is 2.65 bits per heavy atom. The predicted molar refractivity (Wildman–Crippen MR) is 79.7 cm³/mol. The molecule has 2 unspecified atom stereocenters. The van der Waals surface area contributed by atoms with Gasteiger partial charge in [-0.25, -0.2) is 9.59 Å². The van der Waals surface area contributed by atoms with Gasteiger partial charge in [0.2, 0.25) is 0 Å². The van der Waals surface area contributed by atoms with Crippen LogP contribution in [0.1, 0.15) is 33.6 Å². The maximum Gasteiger partial charge on any atom is 0.408 e. The number of carbonyl (C=O) groups excluding carboxylic acids is 1. The van der Waals surface area contributed by atoms with Crippen molar-refractivity contribution in [3.05, 3.63) is 23.1 Å². The number of nitrogens with one attached hydrogen (secondary N) is 1. The van der Waals surface area contributed by atoms with Crippen LogP contribution in [0.2, 0.25) is 0 Å². The van der Waals surface area contributed by atoms with Crippen molar-refractivity contribution < 1.29 is 19.4 Å². The molecule has 2 N–H and O–H groups in total. The van der Waals surface area contributed by atoms with Crippen LogP contribution in [-0.4, -0.2) is 28.8 Å². The van der Waals surface area contributed by atoms with Crippen LogP contribution in [0, 0.1) is 5.92 Å². The molecule has 20 heavy (non-hydrogen) atoms. The zero-order valence-corrected chi connectivity index (χ0v) is 12.8. The Morgan fingerprint density at radius 2 is 2.20 bits per heavy atom. The smallest absolute Gasteiger partial charge is 0.408 e. The minimum Gasteiger partial charge on any atom is -0.480 e. The lowest BCUT2D eigenvalue weighted by molar-refractivity contribution is -0.139. The average molecular weight is 299 g/mol. The lowest BCUT2D eigenvalue weighted by Crippen LogP contribution is -2.44. The van der Waals surface area contributed by atoms with Gasteiger partial charge in [-0.15, -0.1) is 12.6 Å². The van der Waals surface area contributed by atoms with Crippen LogP contribution >= 0.6 is 12.6 Å². The Balaban J connectivity index is 2.56. The number of carbonyl (C=O) groups is 2. The van der Waals surface area contributed by atoms with Gasteiger partial charge in [-0.05, 0) is 44.4 Å². The monoisotopic (exact) mass is 299 g/mol. The van der Waals surface area contributed by atoms with E-state index in [9.17, 15) is 14.7 Å². The second kappa shape index (κ2) is 6.83. The van der Waals surface area contributed by atoms with E-state index in [1.165, 1.54) is 0 Å². The van der Waals surface area contributed by atoms with Gasteiger partial charge in [-0.2, -0.15) is 0 Å². The number of carboxylic acid groups (broad SMARTS) is 1. The summed E-state index contributed by atoms with van der Waals surface area (Å²) >= 11 is 4.20. The molecule has 0 bridgehead atoms. The quantitative estimate of drug-likeness (QED) is 0.698. The number of thiol groups is 1. The van der Waals surface area contributed by atoms with E-state index in [0.29, 0.717) is 6.42 Å². The third kappa shape index (κ3) is 6.14. The lowest BCUT2D eigenvalue weighted by atomic mass is 9.93. The van der Waals surface area contributed by atoms with E-state index in [4.69, 9.17) is 4.74 Å². The molecule has 112 valence electrons. The molecule has 0 aromatic rings. The number of carboxylic acids is 1. The summed E-state index contributed by atoms with van der Waals surface area (Å²) in [4.78, 5) is 23.7. The van der Waals surface area contributed by atoms with Crippen molar-refractivity contribution in [2.45, 2.75) is 45.3 Å². The van der Waals surface area contributed by atoms with Crippen LogP contribution in [0.3, 0.4) is 0 Å². The van der Waals surface area contributed by atoms with Gasteiger partial charge in [-0.3, -0.25) is 0 Å². The Bertz CT molecular complexity index is 437. The first-order valence-electron chi connectivity index (χ1n) is 6.47. The number of hydrogen-bond donors (Lipinski definition) is 3.